The average Bonchev–Trinajstić information content (AvgIpc) is 2.95. The summed E-state index contributed by atoms with van der Waals surface area (Å²) in [5.74, 6) is -0.0322. The Bertz CT molecular complexity index is 1080. The summed E-state index contributed by atoms with van der Waals surface area (Å²) in [6.07, 6.45) is 1.79. The first kappa shape index (κ1) is 22.1. The highest BCUT2D eigenvalue weighted by Crippen LogP contribution is 2.51. The Hall–Kier alpha value is -2.12. The number of carbonyl (C=O) groups excluding carboxylic acids is 1. The van der Waals surface area contributed by atoms with Crippen LogP contribution >= 0.6 is 0 Å². The molecule has 0 radical (unpaired) electrons. The topological polar surface area (TPSA) is 72.9 Å². The van der Waals surface area contributed by atoms with Gasteiger partial charge in [0.05, 0.1) is 18.6 Å². The molecule has 4 rings (SSSR count). The molecule has 2 aliphatic rings. The van der Waals surface area contributed by atoms with Crippen molar-refractivity contribution in [2.24, 2.45) is 23.7 Å². The molecular weight excluding hydrogens is 414 g/mol. The fraction of sp³-hybridized carbons (Fsp3) is 0.542. The highest BCUT2D eigenvalue weighted by molar-refractivity contribution is 7.87. The molecule has 6 nitrogen and oxygen atoms in total. The van der Waals surface area contributed by atoms with Crippen molar-refractivity contribution in [3.05, 3.63) is 36.4 Å². The summed E-state index contributed by atoms with van der Waals surface area (Å²) in [4.78, 5) is 14.9. The van der Waals surface area contributed by atoms with Gasteiger partial charge in [0.15, 0.2) is 0 Å². The molecule has 2 aliphatic carbocycles. The molecule has 2 aromatic rings. The first-order chi connectivity index (χ1) is 14.7. The second kappa shape index (κ2) is 8.43. The number of anilines is 1. The largest absolute Gasteiger partial charge is 0.466 e. The predicted molar refractivity (Wildman–Crippen MR) is 120 cm³/mol. The molecule has 7 heteroatoms. The number of hydrogen-bond acceptors (Lipinski definition) is 6. The van der Waals surface area contributed by atoms with Crippen molar-refractivity contribution in [2.75, 3.05) is 25.6 Å². The van der Waals surface area contributed by atoms with E-state index in [4.69, 9.17) is 8.92 Å². The predicted octanol–water partition coefficient (Wildman–Crippen LogP) is 4.23. The second-order valence-electron chi connectivity index (χ2n) is 8.99. The Morgan fingerprint density at radius 3 is 2.52 bits per heavy atom. The van der Waals surface area contributed by atoms with Crippen LogP contribution in [0.3, 0.4) is 0 Å². The lowest BCUT2D eigenvalue weighted by molar-refractivity contribution is -0.157. The molecule has 0 spiro atoms. The van der Waals surface area contributed by atoms with Gasteiger partial charge in [-0.2, -0.15) is 8.42 Å². The summed E-state index contributed by atoms with van der Waals surface area (Å²) in [7, 11) is -0.221. The van der Waals surface area contributed by atoms with Gasteiger partial charge in [-0.15, -0.1) is 0 Å². The minimum Gasteiger partial charge on any atom is -0.466 e. The minimum atomic E-state index is -4.07. The van der Waals surface area contributed by atoms with Crippen molar-refractivity contribution >= 4 is 32.5 Å². The van der Waals surface area contributed by atoms with Crippen molar-refractivity contribution < 1.29 is 22.1 Å². The van der Waals surface area contributed by atoms with Crippen LogP contribution < -0.4 is 4.90 Å². The molecule has 31 heavy (non-hydrogen) atoms. The van der Waals surface area contributed by atoms with Crippen LogP contribution in [-0.2, 0) is 23.8 Å². The van der Waals surface area contributed by atoms with Gasteiger partial charge in [0, 0.05) is 30.6 Å². The summed E-state index contributed by atoms with van der Waals surface area (Å²) in [5.41, 5.74) is 0.934. The first-order valence-corrected chi connectivity index (χ1v) is 12.4. The average molecular weight is 446 g/mol. The fourth-order valence-corrected chi connectivity index (χ4v) is 6.91. The molecule has 2 fully saturated rings. The van der Waals surface area contributed by atoms with E-state index in [2.05, 4.69) is 6.92 Å². The number of nitrogens with zero attached hydrogens (tertiary/aromatic N) is 1. The number of hydrogen-bond donors (Lipinski definition) is 0. The molecule has 0 heterocycles. The molecule has 0 amide bonds. The quantitative estimate of drug-likeness (QED) is 0.490. The van der Waals surface area contributed by atoms with Gasteiger partial charge >= 0.3 is 5.97 Å². The van der Waals surface area contributed by atoms with Gasteiger partial charge in [-0.1, -0.05) is 31.2 Å². The van der Waals surface area contributed by atoms with E-state index in [1.165, 1.54) is 0 Å². The zero-order valence-electron chi connectivity index (χ0n) is 18.6. The van der Waals surface area contributed by atoms with Crippen LogP contribution in [0, 0.1) is 23.7 Å². The Labute approximate surface area is 184 Å². The van der Waals surface area contributed by atoms with Gasteiger partial charge in [-0.05, 0) is 56.1 Å². The van der Waals surface area contributed by atoms with E-state index in [0.29, 0.717) is 23.6 Å². The lowest BCUT2D eigenvalue weighted by Gasteiger charge is -2.38. The first-order valence-electron chi connectivity index (χ1n) is 11.0. The standard InChI is InChI=1S/C24H31NO5S/c1-5-29-24(26)23-17-13-12-16(15(17)2)14-21(23)30-31(27,28)22-11-7-8-18-19(22)9-6-10-20(18)25(3)4/h6-11,15-17,21,23H,5,12-14H2,1-4H3/t15?,16-,17-,21-,23+/m1/s1. The molecule has 2 aromatic carbocycles. The monoisotopic (exact) mass is 445 g/mol. The summed E-state index contributed by atoms with van der Waals surface area (Å²) >= 11 is 0. The van der Waals surface area contributed by atoms with Crippen molar-refractivity contribution in [1.82, 2.24) is 0 Å². The van der Waals surface area contributed by atoms with Gasteiger partial charge < -0.3 is 9.64 Å². The van der Waals surface area contributed by atoms with Gasteiger partial charge in [0.2, 0.25) is 0 Å². The van der Waals surface area contributed by atoms with Gasteiger partial charge in [0.1, 0.15) is 4.90 Å². The van der Waals surface area contributed by atoms with Crippen LogP contribution in [-0.4, -0.2) is 41.2 Å². The SMILES string of the molecule is CCOC(=O)[C@H]1[C@@H]2CC[C@H](C[C@H]1OS(=O)(=O)c1cccc3c(N(C)C)cccc13)C2C. The summed E-state index contributed by atoms with van der Waals surface area (Å²) in [5, 5.41) is 1.46. The Morgan fingerprint density at radius 2 is 1.81 bits per heavy atom. The molecule has 5 atom stereocenters. The zero-order valence-corrected chi connectivity index (χ0v) is 19.4. The van der Waals surface area contributed by atoms with Gasteiger partial charge in [0.25, 0.3) is 10.1 Å². The van der Waals surface area contributed by atoms with E-state index in [1.54, 1.807) is 25.1 Å². The molecule has 0 N–H and O–H groups in total. The van der Waals surface area contributed by atoms with Crippen LogP contribution in [0.4, 0.5) is 5.69 Å². The Morgan fingerprint density at radius 1 is 1.10 bits per heavy atom. The van der Waals surface area contributed by atoms with E-state index in [0.717, 1.165) is 23.9 Å². The number of fused-ring (bicyclic) bond motifs is 3. The summed E-state index contributed by atoms with van der Waals surface area (Å²) in [6, 6.07) is 10.8. The Balaban J connectivity index is 1.71. The fourth-order valence-electron chi connectivity index (χ4n) is 5.59. The zero-order chi connectivity index (χ0) is 22.3. The third-order valence-corrected chi connectivity index (χ3v) is 8.50. The molecule has 1 unspecified atom stereocenters. The molecular formula is C24H31NO5S. The van der Waals surface area contributed by atoms with E-state index < -0.39 is 22.1 Å². The maximum absolute atomic E-state index is 13.4. The molecule has 0 saturated heterocycles. The maximum Gasteiger partial charge on any atom is 0.311 e. The second-order valence-corrected chi connectivity index (χ2v) is 10.5. The van der Waals surface area contributed by atoms with Crippen molar-refractivity contribution in [3.63, 3.8) is 0 Å². The number of rotatable bonds is 6. The van der Waals surface area contributed by atoms with Crippen LogP contribution in [0.5, 0.6) is 0 Å². The van der Waals surface area contributed by atoms with Crippen molar-refractivity contribution in [3.8, 4) is 0 Å². The Kier molecular flexibility index (Phi) is 6.01. The molecule has 2 bridgehead atoms. The van der Waals surface area contributed by atoms with E-state index >= 15 is 0 Å². The summed E-state index contributed by atoms with van der Waals surface area (Å²) < 4.78 is 38.1. The van der Waals surface area contributed by atoms with Crippen molar-refractivity contribution in [1.29, 1.82) is 0 Å². The molecule has 0 aromatic heterocycles. The van der Waals surface area contributed by atoms with Crippen molar-refractivity contribution in [2.45, 2.75) is 44.1 Å². The third kappa shape index (κ3) is 3.94. The lowest BCUT2D eigenvalue weighted by atomic mass is 9.71. The van der Waals surface area contributed by atoms with E-state index in [1.807, 2.05) is 37.2 Å². The molecule has 2 saturated carbocycles. The smallest absolute Gasteiger partial charge is 0.311 e. The third-order valence-electron chi connectivity index (χ3n) is 7.11. The van der Waals surface area contributed by atoms with Crippen LogP contribution in [0.25, 0.3) is 10.8 Å². The molecule has 0 aliphatic heterocycles. The number of esters is 1. The van der Waals surface area contributed by atoms with E-state index in [-0.39, 0.29) is 23.4 Å². The number of benzene rings is 2. The maximum atomic E-state index is 13.4. The normalized spacial score (nSPS) is 27.9. The van der Waals surface area contributed by atoms with Gasteiger partial charge in [-0.25, -0.2) is 0 Å². The number of carbonyl (C=O) groups is 1. The van der Waals surface area contributed by atoms with Gasteiger partial charge in [-0.3, -0.25) is 8.98 Å². The van der Waals surface area contributed by atoms with Crippen LogP contribution in [0.15, 0.2) is 41.3 Å². The van der Waals surface area contributed by atoms with Crippen LogP contribution in [0.2, 0.25) is 0 Å². The highest BCUT2D eigenvalue weighted by Gasteiger charge is 2.52. The molecule has 168 valence electrons. The number of ether oxygens (including phenoxy) is 1. The highest BCUT2D eigenvalue weighted by atomic mass is 32.2. The lowest BCUT2D eigenvalue weighted by Crippen LogP contribution is -2.44. The van der Waals surface area contributed by atoms with Crippen LogP contribution in [0.1, 0.15) is 33.1 Å². The van der Waals surface area contributed by atoms with E-state index in [9.17, 15) is 13.2 Å². The summed E-state index contributed by atoms with van der Waals surface area (Å²) in [6.45, 7) is 4.20. The minimum absolute atomic E-state index is 0.103.